The molecule has 4 atom stereocenters. The second-order valence-corrected chi connectivity index (χ2v) is 5.39. The van der Waals surface area contributed by atoms with Crippen LogP contribution in [0.5, 0.6) is 0 Å². The van der Waals surface area contributed by atoms with Crippen LogP contribution in [-0.4, -0.2) is 30.7 Å². The normalized spacial score (nSPS) is 50.7. The lowest BCUT2D eigenvalue weighted by molar-refractivity contribution is -0.177. The summed E-state index contributed by atoms with van der Waals surface area (Å²) in [4.78, 5) is 0. The van der Waals surface area contributed by atoms with Gasteiger partial charge in [0.05, 0.1) is 19.8 Å². The van der Waals surface area contributed by atoms with E-state index in [1.165, 1.54) is 0 Å². The van der Waals surface area contributed by atoms with Crippen molar-refractivity contribution >= 4 is 0 Å². The molecule has 0 aromatic carbocycles. The molecule has 1 aliphatic heterocycles. The van der Waals surface area contributed by atoms with E-state index >= 15 is 0 Å². The third-order valence-corrected chi connectivity index (χ3v) is 4.89. The Hall–Kier alpha value is -0.640. The van der Waals surface area contributed by atoms with Crippen LogP contribution in [-0.2, 0) is 9.47 Å². The smallest absolute Gasteiger partial charge is 0.192 e. The van der Waals surface area contributed by atoms with Gasteiger partial charge in [-0.2, -0.15) is 0 Å². The number of hydrogen-bond donors (Lipinski definition) is 1. The fraction of sp³-hybridized carbons (Fsp3) is 0.692. The molecule has 3 heteroatoms. The Morgan fingerprint density at radius 2 is 2.00 bits per heavy atom. The number of rotatable bonds is 1. The Morgan fingerprint density at radius 1 is 1.19 bits per heavy atom. The molecular weight excluding hydrogens is 204 g/mol. The van der Waals surface area contributed by atoms with E-state index in [1.54, 1.807) is 0 Å². The van der Waals surface area contributed by atoms with Gasteiger partial charge in [-0.3, -0.25) is 0 Å². The highest BCUT2D eigenvalue weighted by atomic mass is 16.7. The lowest BCUT2D eigenvalue weighted by atomic mass is 9.70. The van der Waals surface area contributed by atoms with E-state index in [9.17, 15) is 5.11 Å². The predicted octanol–water partition coefficient (Wildman–Crippen LogP) is 1.10. The molecule has 1 spiro atoms. The number of allylic oxidation sites excluding steroid dienone is 2. The second kappa shape index (κ2) is 2.78. The Morgan fingerprint density at radius 3 is 2.75 bits per heavy atom. The van der Waals surface area contributed by atoms with Crippen molar-refractivity contribution in [1.29, 1.82) is 0 Å². The highest BCUT2D eigenvalue weighted by molar-refractivity contribution is 5.34. The van der Waals surface area contributed by atoms with Gasteiger partial charge in [-0.05, 0) is 24.3 Å². The number of fused-ring (bicyclic) bond motifs is 6. The fourth-order valence-electron chi connectivity index (χ4n) is 4.27. The molecule has 3 nitrogen and oxygen atoms in total. The van der Waals surface area contributed by atoms with Crippen molar-refractivity contribution in [2.45, 2.75) is 12.2 Å². The van der Waals surface area contributed by atoms with E-state index in [4.69, 9.17) is 9.47 Å². The first-order valence-electron chi connectivity index (χ1n) is 6.08. The minimum absolute atomic E-state index is 0.121. The van der Waals surface area contributed by atoms with Crippen molar-refractivity contribution in [3.05, 3.63) is 24.3 Å². The largest absolute Gasteiger partial charge is 0.395 e. The van der Waals surface area contributed by atoms with Crippen LogP contribution in [0.4, 0.5) is 0 Å². The van der Waals surface area contributed by atoms with E-state index in [2.05, 4.69) is 18.2 Å². The highest BCUT2D eigenvalue weighted by Gasteiger charge is 2.66. The molecule has 1 heterocycles. The number of hydrogen-bond acceptors (Lipinski definition) is 3. The zero-order chi connectivity index (χ0) is 10.8. The molecular formula is C13H16O3. The Bertz CT molecular complexity index is 381. The summed E-state index contributed by atoms with van der Waals surface area (Å²) in [6.07, 6.45) is 9.88. The molecule has 1 saturated heterocycles. The van der Waals surface area contributed by atoms with Gasteiger partial charge in [0.15, 0.2) is 5.79 Å². The summed E-state index contributed by atoms with van der Waals surface area (Å²) in [6.45, 7) is 1.54. The summed E-state index contributed by atoms with van der Waals surface area (Å²) in [7, 11) is 0. The SMILES string of the molecule is OC[C@@]12C=CC3(OCCO3)[C@@H]1[C@@H]1C=C[C@H]2C1. The van der Waals surface area contributed by atoms with E-state index in [1.807, 2.05) is 6.08 Å². The standard InChI is InChI=1S/C13H16O3/c14-8-12-3-4-13(15-5-6-16-13)11(12)9-1-2-10(12)7-9/h1-4,9-11,14H,5-8H2/t9-,10+,11-,12-/m1/s1. The first kappa shape index (κ1) is 9.40. The second-order valence-electron chi connectivity index (χ2n) is 5.39. The van der Waals surface area contributed by atoms with Crippen LogP contribution in [0.1, 0.15) is 6.42 Å². The Kier molecular flexibility index (Phi) is 1.63. The summed E-state index contributed by atoms with van der Waals surface area (Å²) in [5.41, 5.74) is -0.121. The Labute approximate surface area is 94.7 Å². The maximum absolute atomic E-state index is 9.80. The number of aliphatic hydroxyl groups is 1. The quantitative estimate of drug-likeness (QED) is 0.672. The topological polar surface area (TPSA) is 38.7 Å². The van der Waals surface area contributed by atoms with Crippen LogP contribution < -0.4 is 0 Å². The van der Waals surface area contributed by atoms with Gasteiger partial charge >= 0.3 is 0 Å². The van der Waals surface area contributed by atoms with Crippen molar-refractivity contribution in [2.24, 2.45) is 23.2 Å². The molecule has 0 radical (unpaired) electrons. The summed E-state index contributed by atoms with van der Waals surface area (Å²) < 4.78 is 11.7. The first-order valence-corrected chi connectivity index (χ1v) is 6.08. The molecule has 2 bridgehead atoms. The van der Waals surface area contributed by atoms with Gasteiger partial charge in [0.1, 0.15) is 0 Å². The summed E-state index contributed by atoms with van der Waals surface area (Å²) in [5.74, 6) is 0.719. The average molecular weight is 220 g/mol. The van der Waals surface area contributed by atoms with Crippen molar-refractivity contribution in [2.75, 3.05) is 19.8 Å². The van der Waals surface area contributed by atoms with Gasteiger partial charge in [0.2, 0.25) is 0 Å². The summed E-state index contributed by atoms with van der Waals surface area (Å²) >= 11 is 0. The van der Waals surface area contributed by atoms with Crippen LogP contribution in [0.25, 0.3) is 0 Å². The minimum Gasteiger partial charge on any atom is -0.395 e. The van der Waals surface area contributed by atoms with E-state index in [0.717, 1.165) is 6.42 Å². The number of ether oxygens (including phenoxy) is 2. The lowest BCUT2D eigenvalue weighted by Gasteiger charge is -2.40. The van der Waals surface area contributed by atoms with Gasteiger partial charge in [-0.15, -0.1) is 0 Å². The van der Waals surface area contributed by atoms with E-state index in [-0.39, 0.29) is 17.9 Å². The third-order valence-electron chi connectivity index (χ3n) is 4.89. The maximum Gasteiger partial charge on any atom is 0.192 e. The van der Waals surface area contributed by atoms with Gasteiger partial charge in [-0.1, -0.05) is 18.2 Å². The molecule has 1 N–H and O–H groups in total. The molecule has 0 aromatic rings. The molecule has 86 valence electrons. The summed E-state index contributed by atoms with van der Waals surface area (Å²) in [6, 6.07) is 0. The maximum atomic E-state index is 9.80. The number of aliphatic hydroxyl groups excluding tert-OH is 1. The molecule has 1 saturated carbocycles. The van der Waals surface area contributed by atoms with Crippen LogP contribution in [0.3, 0.4) is 0 Å². The van der Waals surface area contributed by atoms with Crippen LogP contribution in [0.15, 0.2) is 24.3 Å². The average Bonchev–Trinajstić information content (AvgIpc) is 3.04. The monoisotopic (exact) mass is 220 g/mol. The molecule has 16 heavy (non-hydrogen) atoms. The molecule has 4 aliphatic rings. The van der Waals surface area contributed by atoms with Crippen molar-refractivity contribution in [1.82, 2.24) is 0 Å². The van der Waals surface area contributed by atoms with Crippen molar-refractivity contribution in [3.63, 3.8) is 0 Å². The van der Waals surface area contributed by atoms with Gasteiger partial charge in [0, 0.05) is 11.3 Å². The van der Waals surface area contributed by atoms with Gasteiger partial charge in [-0.25, -0.2) is 0 Å². The zero-order valence-corrected chi connectivity index (χ0v) is 9.13. The first-order chi connectivity index (χ1) is 7.81. The summed E-state index contributed by atoms with van der Waals surface area (Å²) in [5, 5.41) is 9.80. The highest BCUT2D eigenvalue weighted by Crippen LogP contribution is 2.65. The van der Waals surface area contributed by atoms with Gasteiger partial charge < -0.3 is 14.6 Å². The van der Waals surface area contributed by atoms with Crippen LogP contribution in [0.2, 0.25) is 0 Å². The van der Waals surface area contributed by atoms with E-state index in [0.29, 0.717) is 25.0 Å². The van der Waals surface area contributed by atoms with Crippen molar-refractivity contribution < 1.29 is 14.6 Å². The molecule has 3 aliphatic carbocycles. The van der Waals surface area contributed by atoms with Crippen LogP contribution in [0, 0.1) is 23.2 Å². The van der Waals surface area contributed by atoms with E-state index < -0.39 is 5.79 Å². The predicted molar refractivity (Wildman–Crippen MR) is 57.5 cm³/mol. The third kappa shape index (κ3) is 0.838. The van der Waals surface area contributed by atoms with Crippen molar-refractivity contribution in [3.8, 4) is 0 Å². The molecule has 0 amide bonds. The molecule has 0 unspecified atom stereocenters. The molecule has 2 fully saturated rings. The lowest BCUT2D eigenvalue weighted by Crippen LogP contribution is -2.46. The molecule has 4 rings (SSSR count). The fourth-order valence-corrected chi connectivity index (χ4v) is 4.27. The van der Waals surface area contributed by atoms with Gasteiger partial charge in [0.25, 0.3) is 0 Å². The molecule has 0 aromatic heterocycles. The minimum atomic E-state index is -0.535. The van der Waals surface area contributed by atoms with Crippen LogP contribution >= 0.6 is 0 Å². The Balaban J connectivity index is 1.83. The zero-order valence-electron chi connectivity index (χ0n) is 9.13.